The Bertz CT molecular complexity index is 1880. The molecule has 9 heteroatoms. The van der Waals surface area contributed by atoms with Gasteiger partial charge in [0.1, 0.15) is 17.3 Å². The molecule has 1 amide bonds. The Morgan fingerprint density at radius 2 is 1.52 bits per heavy atom. The Morgan fingerprint density at radius 1 is 0.896 bits per heavy atom. The number of aromatic nitrogens is 2. The first-order chi connectivity index (χ1) is 22.9. The van der Waals surface area contributed by atoms with Crippen LogP contribution in [0.3, 0.4) is 0 Å². The topological polar surface area (TPSA) is 93.5 Å². The number of nitrogens with zero attached hydrogens (tertiary/aromatic N) is 2. The summed E-state index contributed by atoms with van der Waals surface area (Å²) in [4.78, 5) is 30.0. The molecule has 2 N–H and O–H groups in total. The van der Waals surface area contributed by atoms with Crippen LogP contribution in [-0.2, 0) is 18.4 Å². The van der Waals surface area contributed by atoms with Gasteiger partial charge >= 0.3 is 5.97 Å². The third-order valence-electron chi connectivity index (χ3n) is 8.10. The van der Waals surface area contributed by atoms with Gasteiger partial charge in [0.25, 0.3) is 5.91 Å². The first-order valence-electron chi connectivity index (χ1n) is 16.0. The van der Waals surface area contributed by atoms with Crippen LogP contribution in [0.2, 0.25) is 10.0 Å². The quantitative estimate of drug-likeness (QED) is 0.136. The number of imidazole rings is 1. The fourth-order valence-corrected chi connectivity index (χ4v) is 5.85. The van der Waals surface area contributed by atoms with E-state index in [0.29, 0.717) is 39.2 Å². The minimum absolute atomic E-state index is 0.0291. The number of carboxylic acids is 1. The van der Waals surface area contributed by atoms with Gasteiger partial charge in [0.15, 0.2) is 0 Å². The first kappa shape index (κ1) is 34.7. The number of hydrogen-bond donors (Lipinski definition) is 2. The maximum Gasteiger partial charge on any atom is 0.335 e. The molecule has 7 nitrogen and oxygen atoms in total. The lowest BCUT2D eigenvalue weighted by Gasteiger charge is -2.21. The van der Waals surface area contributed by atoms with Crippen molar-refractivity contribution in [3.8, 4) is 22.8 Å². The molecule has 5 aromatic rings. The molecular formula is C39H39Cl2N3O4. The van der Waals surface area contributed by atoms with Crippen LogP contribution >= 0.6 is 23.2 Å². The summed E-state index contributed by atoms with van der Waals surface area (Å²) in [6, 6.07) is 26.5. The Hall–Kier alpha value is -4.59. The molecule has 0 radical (unpaired) electrons. The Balaban J connectivity index is 1.46. The highest BCUT2D eigenvalue weighted by Crippen LogP contribution is 2.32. The zero-order chi connectivity index (χ0) is 34.4. The van der Waals surface area contributed by atoms with Crippen molar-refractivity contribution in [3.05, 3.63) is 135 Å². The third-order valence-corrected chi connectivity index (χ3v) is 8.65. The van der Waals surface area contributed by atoms with Crippen LogP contribution in [0.5, 0.6) is 11.5 Å². The summed E-state index contributed by atoms with van der Waals surface area (Å²) in [7, 11) is 0. The molecule has 0 aliphatic heterocycles. The van der Waals surface area contributed by atoms with Gasteiger partial charge in [-0.05, 0) is 96.1 Å². The number of amides is 1. The second kappa shape index (κ2) is 15.1. The van der Waals surface area contributed by atoms with E-state index in [-0.39, 0.29) is 16.9 Å². The summed E-state index contributed by atoms with van der Waals surface area (Å²) in [5.41, 5.74) is 4.31. The highest BCUT2D eigenvalue weighted by Gasteiger charge is 2.24. The number of hydrogen-bond acceptors (Lipinski definition) is 4. The molecule has 0 aliphatic carbocycles. The molecule has 0 saturated carbocycles. The number of benzene rings is 4. The molecule has 4 aromatic carbocycles. The molecule has 48 heavy (non-hydrogen) atoms. The van der Waals surface area contributed by atoms with Crippen LogP contribution in [0.25, 0.3) is 11.3 Å². The highest BCUT2D eigenvalue weighted by molar-refractivity contribution is 6.36. The Kier molecular flexibility index (Phi) is 10.9. The molecule has 248 valence electrons. The van der Waals surface area contributed by atoms with E-state index in [1.807, 2.05) is 60.8 Å². The molecule has 1 aromatic heterocycles. The van der Waals surface area contributed by atoms with Crippen LogP contribution in [0.15, 0.2) is 97.2 Å². The average molecular weight is 685 g/mol. The van der Waals surface area contributed by atoms with Crippen LogP contribution in [-0.4, -0.2) is 26.5 Å². The van der Waals surface area contributed by atoms with E-state index in [4.69, 9.17) is 38.0 Å². The van der Waals surface area contributed by atoms with Crippen molar-refractivity contribution < 1.29 is 19.4 Å². The molecule has 5 rings (SSSR count). The van der Waals surface area contributed by atoms with Crippen LogP contribution in [0.1, 0.15) is 84.2 Å². The maximum absolute atomic E-state index is 13.8. The number of nitrogens with one attached hydrogen (secondary N) is 1. The van der Waals surface area contributed by atoms with Crippen molar-refractivity contribution in [2.24, 2.45) is 0 Å². The molecule has 1 atom stereocenters. The molecule has 1 heterocycles. The van der Waals surface area contributed by atoms with E-state index in [1.54, 1.807) is 24.3 Å². The first-order valence-corrected chi connectivity index (χ1v) is 16.7. The minimum Gasteiger partial charge on any atom is -0.478 e. The van der Waals surface area contributed by atoms with Gasteiger partial charge in [-0.15, -0.1) is 0 Å². The monoisotopic (exact) mass is 683 g/mol. The van der Waals surface area contributed by atoms with Gasteiger partial charge in [-0.25, -0.2) is 9.78 Å². The number of halogens is 2. The van der Waals surface area contributed by atoms with Gasteiger partial charge < -0.3 is 19.7 Å². The van der Waals surface area contributed by atoms with E-state index in [2.05, 4.69) is 37.6 Å². The average Bonchev–Trinajstić information content (AvgIpc) is 3.48. The van der Waals surface area contributed by atoms with Crippen LogP contribution in [0.4, 0.5) is 0 Å². The number of rotatable bonds is 12. The number of unbranched alkanes of at least 4 members (excludes halogenated alkanes) is 1. The Morgan fingerprint density at radius 3 is 2.10 bits per heavy atom. The van der Waals surface area contributed by atoms with Crippen LogP contribution in [0, 0.1) is 0 Å². The fourth-order valence-electron chi connectivity index (χ4n) is 5.34. The second-order valence-electron chi connectivity index (χ2n) is 12.8. The van der Waals surface area contributed by atoms with Crippen molar-refractivity contribution in [1.29, 1.82) is 0 Å². The number of carbonyl (C=O) groups excluding carboxylic acids is 1. The van der Waals surface area contributed by atoms with Crippen LogP contribution < -0.4 is 10.1 Å². The van der Waals surface area contributed by atoms with Gasteiger partial charge in [0.2, 0.25) is 0 Å². The summed E-state index contributed by atoms with van der Waals surface area (Å²) in [6.07, 6.45) is 4.39. The van der Waals surface area contributed by atoms with Crippen molar-refractivity contribution in [2.45, 2.75) is 65.0 Å². The highest BCUT2D eigenvalue weighted by atomic mass is 35.5. The third kappa shape index (κ3) is 8.65. The van der Waals surface area contributed by atoms with Crippen molar-refractivity contribution in [2.75, 3.05) is 0 Å². The van der Waals surface area contributed by atoms with E-state index in [0.717, 1.165) is 41.9 Å². The van der Waals surface area contributed by atoms with Gasteiger partial charge in [-0.3, -0.25) is 4.79 Å². The fraction of sp³-hybridized carbons (Fsp3) is 0.256. The lowest BCUT2D eigenvalue weighted by Crippen LogP contribution is -2.32. The number of carboxylic acid groups (broad SMARTS) is 1. The van der Waals surface area contributed by atoms with E-state index in [1.165, 1.54) is 12.1 Å². The number of carbonyl (C=O) groups is 2. The second-order valence-corrected chi connectivity index (χ2v) is 13.6. The predicted octanol–water partition coefficient (Wildman–Crippen LogP) is 10.2. The molecular weight excluding hydrogens is 645 g/mol. The molecule has 0 spiro atoms. The maximum atomic E-state index is 13.8. The lowest BCUT2D eigenvalue weighted by molar-refractivity contribution is 0.0696. The SMILES string of the molecule is CCCCn1cc(-c2ccc(Cl)cc2Cl)nc1[C@H](Cc1ccc(Oc2ccc(C(=O)O)cc2)cc1)NC(=O)c1ccc(C(C)(C)C)cc1. The lowest BCUT2D eigenvalue weighted by atomic mass is 9.86. The van der Waals surface area contributed by atoms with Crippen molar-refractivity contribution >= 4 is 35.1 Å². The molecule has 0 saturated heterocycles. The molecule has 0 unspecified atom stereocenters. The molecule has 0 bridgehead atoms. The van der Waals surface area contributed by atoms with Gasteiger partial charge in [-0.2, -0.15) is 0 Å². The minimum atomic E-state index is -0.992. The largest absolute Gasteiger partial charge is 0.478 e. The Labute approximate surface area is 291 Å². The van der Waals surface area contributed by atoms with E-state index >= 15 is 0 Å². The number of ether oxygens (including phenoxy) is 1. The van der Waals surface area contributed by atoms with E-state index < -0.39 is 12.0 Å². The summed E-state index contributed by atoms with van der Waals surface area (Å²) >= 11 is 12.8. The summed E-state index contributed by atoms with van der Waals surface area (Å²) < 4.78 is 8.05. The zero-order valence-corrected chi connectivity index (χ0v) is 29.0. The van der Waals surface area contributed by atoms with E-state index in [9.17, 15) is 9.59 Å². The number of aryl methyl sites for hydroxylation is 1. The number of aromatic carboxylic acids is 1. The normalized spacial score (nSPS) is 12.0. The summed E-state index contributed by atoms with van der Waals surface area (Å²) in [5, 5.41) is 13.5. The predicted molar refractivity (Wildman–Crippen MR) is 192 cm³/mol. The van der Waals surface area contributed by atoms with Gasteiger partial charge in [0.05, 0.1) is 22.3 Å². The van der Waals surface area contributed by atoms with Crippen molar-refractivity contribution in [3.63, 3.8) is 0 Å². The smallest absolute Gasteiger partial charge is 0.335 e. The van der Waals surface area contributed by atoms with Gasteiger partial charge in [-0.1, -0.05) is 81.6 Å². The van der Waals surface area contributed by atoms with Crippen molar-refractivity contribution in [1.82, 2.24) is 14.9 Å². The summed E-state index contributed by atoms with van der Waals surface area (Å²) in [6.45, 7) is 9.29. The van der Waals surface area contributed by atoms with Gasteiger partial charge in [0, 0.05) is 28.9 Å². The molecule has 0 fully saturated rings. The zero-order valence-electron chi connectivity index (χ0n) is 27.5. The summed E-state index contributed by atoms with van der Waals surface area (Å²) in [5.74, 6) is 0.671. The standard InChI is InChI=1S/C39H39Cl2N3O4/c1-5-6-21-44-24-35(32-20-15-29(40)23-33(32)41)42-36(44)34(43-37(45)26-9-13-28(14-10-26)39(2,3)4)22-25-7-16-30(17-8-25)48-31-18-11-27(12-19-31)38(46)47/h7-20,23-24,34H,5-6,21-22H2,1-4H3,(H,43,45)(H,46,47)/t34-/m0/s1. The molecule has 0 aliphatic rings.